The number of ether oxygens (including phenoxy) is 1. The summed E-state index contributed by atoms with van der Waals surface area (Å²) < 4.78 is 34.9. The molecule has 0 saturated heterocycles. The average molecular weight is 324 g/mol. The standard InChI is InChI=1S/C15H14F2N2O4/c1-2-23-14-10(17)9(16)11(18)8-12(14)19(6-3-4-6)5-7(13(8)20)15(21)22/h5-6H,2-4,18H2,1H3,(H,21,22). The molecule has 3 N–H and O–H groups in total. The molecule has 23 heavy (non-hydrogen) atoms. The minimum absolute atomic E-state index is 0.000694. The molecule has 1 heterocycles. The van der Waals surface area contributed by atoms with E-state index in [4.69, 9.17) is 10.5 Å². The first-order valence-electron chi connectivity index (χ1n) is 7.09. The topological polar surface area (TPSA) is 94.6 Å². The summed E-state index contributed by atoms with van der Waals surface area (Å²) in [6.07, 6.45) is 2.62. The number of pyridine rings is 1. The number of hydrogen-bond donors (Lipinski definition) is 2. The van der Waals surface area contributed by atoms with E-state index in [9.17, 15) is 23.5 Å². The number of anilines is 1. The molecular weight excluding hydrogens is 310 g/mol. The average Bonchev–Trinajstić information content (AvgIpc) is 3.33. The third-order valence-electron chi connectivity index (χ3n) is 3.81. The Morgan fingerprint density at radius 1 is 1.43 bits per heavy atom. The van der Waals surface area contributed by atoms with Crippen molar-refractivity contribution in [3.8, 4) is 5.75 Å². The number of fused-ring (bicyclic) bond motifs is 1. The van der Waals surface area contributed by atoms with Crippen LogP contribution in [0.1, 0.15) is 36.2 Å². The summed E-state index contributed by atoms with van der Waals surface area (Å²) in [7, 11) is 0. The van der Waals surface area contributed by atoms with E-state index in [0.29, 0.717) is 0 Å². The number of carboxylic acids is 1. The van der Waals surface area contributed by atoms with Crippen molar-refractivity contribution >= 4 is 22.6 Å². The number of rotatable bonds is 4. The maximum atomic E-state index is 14.2. The Bertz CT molecular complexity index is 888. The number of carbonyl (C=O) groups is 1. The highest BCUT2D eigenvalue weighted by Crippen LogP contribution is 2.42. The first kappa shape index (κ1) is 15.3. The number of aromatic nitrogens is 1. The molecule has 1 aromatic carbocycles. The Labute approximate surface area is 129 Å². The molecule has 0 atom stereocenters. The molecule has 0 amide bonds. The van der Waals surface area contributed by atoms with E-state index < -0.39 is 40.0 Å². The number of carboxylic acid groups (broad SMARTS) is 1. The van der Waals surface area contributed by atoms with E-state index in [0.717, 1.165) is 19.0 Å². The van der Waals surface area contributed by atoms with Crippen LogP contribution in [0, 0.1) is 11.6 Å². The van der Waals surface area contributed by atoms with Crippen LogP contribution in [0.3, 0.4) is 0 Å². The fourth-order valence-electron chi connectivity index (χ4n) is 2.61. The molecule has 8 heteroatoms. The Kier molecular flexibility index (Phi) is 3.46. The molecule has 1 fully saturated rings. The van der Waals surface area contributed by atoms with Crippen LogP contribution in [0.5, 0.6) is 5.75 Å². The van der Waals surface area contributed by atoms with E-state index in [1.54, 1.807) is 6.92 Å². The van der Waals surface area contributed by atoms with Crippen LogP contribution < -0.4 is 15.9 Å². The van der Waals surface area contributed by atoms with Gasteiger partial charge in [-0.05, 0) is 19.8 Å². The third-order valence-corrected chi connectivity index (χ3v) is 3.81. The van der Waals surface area contributed by atoms with E-state index in [1.165, 1.54) is 4.57 Å². The number of halogens is 2. The van der Waals surface area contributed by atoms with Gasteiger partial charge in [-0.15, -0.1) is 0 Å². The molecule has 6 nitrogen and oxygen atoms in total. The van der Waals surface area contributed by atoms with Gasteiger partial charge in [-0.3, -0.25) is 4.79 Å². The molecule has 0 unspecified atom stereocenters. The lowest BCUT2D eigenvalue weighted by molar-refractivity contribution is 0.0695. The van der Waals surface area contributed by atoms with Gasteiger partial charge in [0.15, 0.2) is 11.6 Å². The predicted octanol–water partition coefficient (Wildman–Crippen LogP) is 2.29. The number of nitrogen functional groups attached to an aromatic ring is 1. The zero-order chi connectivity index (χ0) is 16.9. The van der Waals surface area contributed by atoms with Crippen molar-refractivity contribution in [1.82, 2.24) is 4.57 Å². The normalized spacial score (nSPS) is 14.2. The second-order valence-electron chi connectivity index (χ2n) is 5.34. The van der Waals surface area contributed by atoms with Crippen LogP contribution in [0.2, 0.25) is 0 Å². The van der Waals surface area contributed by atoms with Crippen molar-refractivity contribution < 1.29 is 23.4 Å². The van der Waals surface area contributed by atoms with Crippen molar-refractivity contribution in [2.45, 2.75) is 25.8 Å². The van der Waals surface area contributed by atoms with Crippen LogP contribution in [0.25, 0.3) is 10.9 Å². The predicted molar refractivity (Wildman–Crippen MR) is 78.9 cm³/mol. The van der Waals surface area contributed by atoms with Gasteiger partial charge in [0, 0.05) is 12.2 Å². The minimum atomic E-state index is -1.45. The Morgan fingerprint density at radius 2 is 2.09 bits per heavy atom. The van der Waals surface area contributed by atoms with Gasteiger partial charge in [0.1, 0.15) is 11.1 Å². The van der Waals surface area contributed by atoms with Gasteiger partial charge in [-0.2, -0.15) is 4.39 Å². The molecule has 1 aliphatic carbocycles. The van der Waals surface area contributed by atoms with Crippen LogP contribution in [-0.4, -0.2) is 22.2 Å². The smallest absolute Gasteiger partial charge is 0.341 e. The molecule has 3 rings (SSSR count). The van der Waals surface area contributed by atoms with E-state index in [-0.39, 0.29) is 23.6 Å². The molecule has 1 aromatic heterocycles. The lowest BCUT2D eigenvalue weighted by Gasteiger charge is -2.17. The summed E-state index contributed by atoms with van der Waals surface area (Å²) in [5.74, 6) is -4.57. The van der Waals surface area contributed by atoms with Crippen LogP contribution in [-0.2, 0) is 0 Å². The van der Waals surface area contributed by atoms with Gasteiger partial charge in [0.2, 0.25) is 11.2 Å². The highest BCUT2D eigenvalue weighted by molar-refractivity contribution is 6.00. The first-order chi connectivity index (χ1) is 10.9. The zero-order valence-corrected chi connectivity index (χ0v) is 12.2. The van der Waals surface area contributed by atoms with Crippen LogP contribution >= 0.6 is 0 Å². The quantitative estimate of drug-likeness (QED) is 0.842. The molecule has 1 aliphatic rings. The fourth-order valence-corrected chi connectivity index (χ4v) is 2.61. The second-order valence-corrected chi connectivity index (χ2v) is 5.34. The molecule has 2 aromatic rings. The Balaban J connectivity index is 2.56. The van der Waals surface area contributed by atoms with Crippen molar-refractivity contribution in [1.29, 1.82) is 0 Å². The van der Waals surface area contributed by atoms with Gasteiger partial charge < -0.3 is 20.1 Å². The number of nitrogens with two attached hydrogens (primary N) is 1. The van der Waals surface area contributed by atoms with Crippen LogP contribution in [0.4, 0.5) is 14.5 Å². The summed E-state index contributed by atoms with van der Waals surface area (Å²) in [5.41, 5.74) is 3.37. The lowest BCUT2D eigenvalue weighted by atomic mass is 10.1. The van der Waals surface area contributed by atoms with Crippen molar-refractivity contribution in [3.05, 3.63) is 33.6 Å². The number of aromatic carboxylic acids is 1. The van der Waals surface area contributed by atoms with Crippen molar-refractivity contribution in [2.24, 2.45) is 0 Å². The summed E-state index contributed by atoms with van der Waals surface area (Å²) >= 11 is 0. The molecule has 122 valence electrons. The Morgan fingerprint density at radius 3 is 2.61 bits per heavy atom. The molecule has 0 radical (unpaired) electrons. The Hall–Kier alpha value is -2.64. The summed E-state index contributed by atoms with van der Waals surface area (Å²) in [5, 5.41) is 8.82. The number of nitrogens with zero attached hydrogens (tertiary/aromatic N) is 1. The number of hydrogen-bond acceptors (Lipinski definition) is 4. The molecule has 0 aliphatic heterocycles. The van der Waals surface area contributed by atoms with Crippen LogP contribution in [0.15, 0.2) is 11.0 Å². The monoisotopic (exact) mass is 324 g/mol. The highest BCUT2D eigenvalue weighted by atomic mass is 19.2. The number of benzene rings is 1. The van der Waals surface area contributed by atoms with Gasteiger partial charge >= 0.3 is 5.97 Å². The first-order valence-corrected chi connectivity index (χ1v) is 7.09. The SMILES string of the molecule is CCOc1c(F)c(F)c(N)c2c(=O)c(C(=O)O)cn(C3CC3)c12. The summed E-state index contributed by atoms with van der Waals surface area (Å²) in [6.45, 7) is 1.64. The van der Waals surface area contributed by atoms with Gasteiger partial charge in [0.05, 0.1) is 17.7 Å². The highest BCUT2D eigenvalue weighted by Gasteiger charge is 2.32. The molecule has 0 bridgehead atoms. The van der Waals surface area contributed by atoms with E-state index in [1.807, 2.05) is 0 Å². The van der Waals surface area contributed by atoms with E-state index in [2.05, 4.69) is 0 Å². The maximum Gasteiger partial charge on any atom is 0.341 e. The van der Waals surface area contributed by atoms with Crippen molar-refractivity contribution in [3.63, 3.8) is 0 Å². The second kappa shape index (κ2) is 5.22. The largest absolute Gasteiger partial charge is 0.489 e. The molecule has 1 saturated carbocycles. The molecular formula is C15H14F2N2O4. The van der Waals surface area contributed by atoms with Gasteiger partial charge in [-0.25, -0.2) is 9.18 Å². The summed E-state index contributed by atoms with van der Waals surface area (Å²) in [4.78, 5) is 23.7. The van der Waals surface area contributed by atoms with E-state index >= 15 is 0 Å². The van der Waals surface area contributed by atoms with Crippen molar-refractivity contribution in [2.75, 3.05) is 12.3 Å². The van der Waals surface area contributed by atoms with Gasteiger partial charge in [-0.1, -0.05) is 0 Å². The lowest BCUT2D eigenvalue weighted by Crippen LogP contribution is -2.21. The minimum Gasteiger partial charge on any atom is -0.489 e. The van der Waals surface area contributed by atoms with Gasteiger partial charge in [0.25, 0.3) is 0 Å². The zero-order valence-electron chi connectivity index (χ0n) is 12.2. The third kappa shape index (κ3) is 2.21. The summed E-state index contributed by atoms with van der Waals surface area (Å²) in [6, 6.07) is -0.0975. The molecule has 0 spiro atoms. The maximum absolute atomic E-state index is 14.2. The fraction of sp³-hybridized carbons (Fsp3) is 0.333.